The molecule has 5 nitrogen and oxygen atoms in total. The van der Waals surface area contributed by atoms with Crippen molar-refractivity contribution in [2.75, 3.05) is 0 Å². The second-order valence-corrected chi connectivity index (χ2v) is 6.72. The quantitative estimate of drug-likeness (QED) is 0.461. The van der Waals surface area contributed by atoms with Gasteiger partial charge in [-0.25, -0.2) is 5.43 Å². The molecule has 3 rings (SSSR count). The van der Waals surface area contributed by atoms with Gasteiger partial charge in [-0.15, -0.1) is 0 Å². The standard InChI is InChI=1S/C18H13Cl3N4O/c1-10(14-7-6-13(20)8-15(14)21)22-25-18(26)17-9-16(23-24-17)11-2-4-12(19)5-3-11/h2-9H,1H3,(H,23,24)(H,25,26)/b22-10-. The average molecular weight is 408 g/mol. The number of nitrogens with one attached hydrogen (secondary N) is 2. The zero-order chi connectivity index (χ0) is 18.7. The van der Waals surface area contributed by atoms with Crippen molar-refractivity contribution in [2.45, 2.75) is 6.92 Å². The lowest BCUT2D eigenvalue weighted by Gasteiger charge is -2.04. The van der Waals surface area contributed by atoms with Crippen LogP contribution in [-0.4, -0.2) is 21.8 Å². The fourth-order valence-electron chi connectivity index (χ4n) is 2.24. The Hall–Kier alpha value is -2.34. The van der Waals surface area contributed by atoms with Crippen molar-refractivity contribution in [3.63, 3.8) is 0 Å². The van der Waals surface area contributed by atoms with Gasteiger partial charge in [-0.2, -0.15) is 10.2 Å². The topological polar surface area (TPSA) is 70.1 Å². The average Bonchev–Trinajstić information content (AvgIpc) is 3.10. The molecule has 1 heterocycles. The molecule has 1 aromatic heterocycles. The normalized spacial score (nSPS) is 11.5. The minimum absolute atomic E-state index is 0.286. The minimum Gasteiger partial charge on any atom is -0.272 e. The van der Waals surface area contributed by atoms with Crippen molar-refractivity contribution in [3.05, 3.63) is 74.9 Å². The van der Waals surface area contributed by atoms with Crippen molar-refractivity contribution in [3.8, 4) is 11.3 Å². The number of benzene rings is 2. The Balaban J connectivity index is 1.73. The maximum atomic E-state index is 12.3. The van der Waals surface area contributed by atoms with Crippen molar-refractivity contribution in [1.82, 2.24) is 15.6 Å². The van der Waals surface area contributed by atoms with E-state index in [1.54, 1.807) is 43.3 Å². The Morgan fingerprint density at radius 3 is 2.42 bits per heavy atom. The summed E-state index contributed by atoms with van der Waals surface area (Å²) in [5, 5.41) is 12.5. The number of hydrazone groups is 1. The molecule has 0 spiro atoms. The Bertz CT molecular complexity index is 980. The molecule has 0 saturated heterocycles. The van der Waals surface area contributed by atoms with Gasteiger partial charge in [-0.1, -0.05) is 53.0 Å². The van der Waals surface area contributed by atoms with Crippen LogP contribution in [-0.2, 0) is 0 Å². The number of halogens is 3. The van der Waals surface area contributed by atoms with E-state index in [-0.39, 0.29) is 5.69 Å². The van der Waals surface area contributed by atoms with Gasteiger partial charge >= 0.3 is 0 Å². The highest BCUT2D eigenvalue weighted by Crippen LogP contribution is 2.22. The van der Waals surface area contributed by atoms with E-state index in [1.807, 2.05) is 12.1 Å². The molecule has 2 N–H and O–H groups in total. The smallest absolute Gasteiger partial charge is 0.272 e. The van der Waals surface area contributed by atoms with Crippen LogP contribution < -0.4 is 5.43 Å². The molecular weight excluding hydrogens is 395 g/mol. The Morgan fingerprint density at radius 1 is 1.04 bits per heavy atom. The second-order valence-electron chi connectivity index (χ2n) is 5.44. The lowest BCUT2D eigenvalue weighted by Crippen LogP contribution is -2.19. The van der Waals surface area contributed by atoms with Crippen LogP contribution in [0.25, 0.3) is 11.3 Å². The number of amides is 1. The van der Waals surface area contributed by atoms with E-state index in [9.17, 15) is 4.79 Å². The SMILES string of the molecule is C/C(=N/NC(=O)c1cc(-c2ccc(Cl)cc2)n[nH]1)c1ccc(Cl)cc1Cl. The van der Waals surface area contributed by atoms with Crippen LogP contribution in [0.1, 0.15) is 23.0 Å². The van der Waals surface area contributed by atoms with Crippen LogP contribution in [0, 0.1) is 0 Å². The van der Waals surface area contributed by atoms with Gasteiger partial charge < -0.3 is 0 Å². The van der Waals surface area contributed by atoms with Crippen molar-refractivity contribution < 1.29 is 4.79 Å². The maximum Gasteiger partial charge on any atom is 0.289 e. The van der Waals surface area contributed by atoms with E-state index >= 15 is 0 Å². The number of carbonyl (C=O) groups is 1. The molecule has 3 aromatic rings. The number of nitrogens with zero attached hydrogens (tertiary/aromatic N) is 2. The van der Waals surface area contributed by atoms with Gasteiger partial charge in [0, 0.05) is 21.2 Å². The third-order valence-electron chi connectivity index (χ3n) is 3.61. The first-order valence-corrected chi connectivity index (χ1v) is 8.69. The summed E-state index contributed by atoms with van der Waals surface area (Å²) in [5.74, 6) is -0.415. The summed E-state index contributed by atoms with van der Waals surface area (Å²) >= 11 is 17.9. The molecular formula is C18H13Cl3N4O. The number of rotatable bonds is 4. The molecule has 0 bridgehead atoms. The lowest BCUT2D eigenvalue weighted by molar-refractivity contribution is 0.0950. The lowest BCUT2D eigenvalue weighted by atomic mass is 10.1. The zero-order valence-electron chi connectivity index (χ0n) is 13.6. The van der Waals surface area contributed by atoms with Gasteiger partial charge in [-0.05, 0) is 37.3 Å². The second kappa shape index (κ2) is 7.91. The summed E-state index contributed by atoms with van der Waals surface area (Å²) in [6, 6.07) is 13.9. The van der Waals surface area contributed by atoms with E-state index < -0.39 is 5.91 Å². The molecule has 0 fully saturated rings. The summed E-state index contributed by atoms with van der Waals surface area (Å²) in [4.78, 5) is 12.3. The zero-order valence-corrected chi connectivity index (χ0v) is 15.8. The van der Waals surface area contributed by atoms with Crippen LogP contribution in [0.4, 0.5) is 0 Å². The van der Waals surface area contributed by atoms with Crippen LogP contribution in [0.2, 0.25) is 15.1 Å². The van der Waals surface area contributed by atoms with E-state index in [4.69, 9.17) is 34.8 Å². The van der Waals surface area contributed by atoms with E-state index in [2.05, 4.69) is 20.7 Å². The molecule has 0 aliphatic carbocycles. The Labute approximate surface area is 165 Å². The largest absolute Gasteiger partial charge is 0.289 e. The number of hydrogen-bond acceptors (Lipinski definition) is 3. The fourth-order valence-corrected chi connectivity index (χ4v) is 2.92. The molecule has 0 unspecified atom stereocenters. The van der Waals surface area contributed by atoms with E-state index in [1.165, 1.54) is 0 Å². The van der Waals surface area contributed by atoms with Gasteiger partial charge in [-0.3, -0.25) is 9.89 Å². The minimum atomic E-state index is -0.415. The number of carbonyl (C=O) groups excluding carboxylic acids is 1. The number of aromatic nitrogens is 2. The molecule has 0 aliphatic heterocycles. The predicted molar refractivity (Wildman–Crippen MR) is 105 cm³/mol. The van der Waals surface area contributed by atoms with Gasteiger partial charge in [0.25, 0.3) is 5.91 Å². The third kappa shape index (κ3) is 4.25. The highest BCUT2D eigenvalue weighted by molar-refractivity contribution is 6.37. The first-order chi connectivity index (χ1) is 12.4. The monoisotopic (exact) mass is 406 g/mol. The molecule has 132 valence electrons. The number of aromatic amines is 1. The van der Waals surface area contributed by atoms with E-state index in [0.717, 1.165) is 5.56 Å². The molecule has 0 saturated carbocycles. The fraction of sp³-hybridized carbons (Fsp3) is 0.0556. The third-order valence-corrected chi connectivity index (χ3v) is 4.41. The maximum absolute atomic E-state index is 12.3. The highest BCUT2D eigenvalue weighted by Gasteiger charge is 2.11. The van der Waals surface area contributed by atoms with Crippen LogP contribution >= 0.6 is 34.8 Å². The number of H-pyrrole nitrogens is 1. The summed E-state index contributed by atoms with van der Waals surface area (Å²) in [6.07, 6.45) is 0. The molecule has 0 radical (unpaired) electrons. The van der Waals surface area contributed by atoms with Crippen molar-refractivity contribution in [1.29, 1.82) is 0 Å². The van der Waals surface area contributed by atoms with Gasteiger partial charge in [0.15, 0.2) is 0 Å². The Morgan fingerprint density at radius 2 is 1.73 bits per heavy atom. The summed E-state index contributed by atoms with van der Waals surface area (Å²) in [5.41, 5.74) is 5.48. The van der Waals surface area contributed by atoms with Gasteiger partial charge in [0.1, 0.15) is 5.69 Å². The summed E-state index contributed by atoms with van der Waals surface area (Å²) in [6.45, 7) is 1.74. The van der Waals surface area contributed by atoms with Crippen LogP contribution in [0.5, 0.6) is 0 Å². The first kappa shape index (κ1) is 18.5. The molecule has 0 atom stereocenters. The van der Waals surface area contributed by atoms with Gasteiger partial charge in [0.2, 0.25) is 0 Å². The summed E-state index contributed by atoms with van der Waals surface area (Å²) in [7, 11) is 0. The molecule has 2 aromatic carbocycles. The van der Waals surface area contributed by atoms with Crippen LogP contribution in [0.3, 0.4) is 0 Å². The number of hydrogen-bond donors (Lipinski definition) is 2. The molecule has 8 heteroatoms. The molecule has 1 amide bonds. The molecule has 26 heavy (non-hydrogen) atoms. The highest BCUT2D eigenvalue weighted by atomic mass is 35.5. The van der Waals surface area contributed by atoms with Crippen LogP contribution in [0.15, 0.2) is 53.6 Å². The van der Waals surface area contributed by atoms with Crippen molar-refractivity contribution >= 4 is 46.4 Å². The molecule has 0 aliphatic rings. The first-order valence-electron chi connectivity index (χ1n) is 7.55. The van der Waals surface area contributed by atoms with Crippen molar-refractivity contribution in [2.24, 2.45) is 5.10 Å². The predicted octanol–water partition coefficient (Wildman–Crippen LogP) is 5.19. The Kier molecular flexibility index (Phi) is 5.61. The summed E-state index contributed by atoms with van der Waals surface area (Å²) < 4.78 is 0. The van der Waals surface area contributed by atoms with E-state index in [0.29, 0.717) is 32.0 Å². The van der Waals surface area contributed by atoms with Gasteiger partial charge in [0.05, 0.1) is 16.4 Å².